The molecule has 0 radical (unpaired) electrons. The Kier molecular flexibility index (Phi) is 9.06. The Bertz CT molecular complexity index is 253. The van der Waals surface area contributed by atoms with Crippen molar-refractivity contribution in [3.05, 3.63) is 0 Å². The molecule has 0 rings (SSSR count). The number of rotatable bonds is 8. The van der Waals surface area contributed by atoms with Gasteiger partial charge in [-0.25, -0.2) is 9.59 Å². The number of ether oxygens (including phenoxy) is 2. The van der Waals surface area contributed by atoms with Crippen LogP contribution in [0.1, 0.15) is 47.0 Å². The van der Waals surface area contributed by atoms with Gasteiger partial charge >= 0.3 is 12.1 Å². The van der Waals surface area contributed by atoms with Crippen molar-refractivity contribution in [3.8, 4) is 0 Å². The highest BCUT2D eigenvalue weighted by Gasteiger charge is 2.23. The van der Waals surface area contributed by atoms with Gasteiger partial charge in [0.05, 0.1) is 13.2 Å². The zero-order valence-electron chi connectivity index (χ0n) is 11.8. The van der Waals surface area contributed by atoms with Crippen LogP contribution in [0, 0.1) is 5.92 Å². The van der Waals surface area contributed by atoms with Gasteiger partial charge in [-0.1, -0.05) is 27.7 Å². The van der Waals surface area contributed by atoms with Gasteiger partial charge in [0, 0.05) is 0 Å². The summed E-state index contributed by atoms with van der Waals surface area (Å²) in [4.78, 5) is 23.2. The first-order chi connectivity index (χ1) is 8.51. The molecular formula is C13H25NO4. The smallest absolute Gasteiger partial charge is 0.407 e. The molecule has 5 heteroatoms. The van der Waals surface area contributed by atoms with E-state index in [4.69, 9.17) is 9.47 Å². The fraction of sp³-hybridized carbons (Fsp3) is 0.846. The van der Waals surface area contributed by atoms with Crippen molar-refractivity contribution < 1.29 is 19.1 Å². The van der Waals surface area contributed by atoms with Crippen molar-refractivity contribution in [3.63, 3.8) is 0 Å². The van der Waals surface area contributed by atoms with Gasteiger partial charge in [0.1, 0.15) is 6.04 Å². The molecule has 0 fully saturated rings. The van der Waals surface area contributed by atoms with Gasteiger partial charge in [0.15, 0.2) is 0 Å². The Morgan fingerprint density at radius 3 is 2.11 bits per heavy atom. The summed E-state index contributed by atoms with van der Waals surface area (Å²) in [6.45, 7) is 8.53. The van der Waals surface area contributed by atoms with E-state index in [2.05, 4.69) is 5.32 Å². The van der Waals surface area contributed by atoms with Crippen LogP contribution in [0.3, 0.4) is 0 Å². The van der Waals surface area contributed by atoms with Crippen LogP contribution >= 0.6 is 0 Å². The second kappa shape index (κ2) is 9.74. The van der Waals surface area contributed by atoms with Crippen molar-refractivity contribution in [2.75, 3.05) is 13.2 Å². The number of amides is 1. The normalized spacial score (nSPS) is 12.1. The van der Waals surface area contributed by atoms with E-state index >= 15 is 0 Å². The first-order valence-electron chi connectivity index (χ1n) is 6.61. The van der Waals surface area contributed by atoms with E-state index < -0.39 is 12.1 Å². The highest BCUT2D eigenvalue weighted by atomic mass is 16.6. The average molecular weight is 259 g/mol. The maximum absolute atomic E-state index is 11.8. The molecule has 0 saturated carbocycles. The Balaban J connectivity index is 4.29. The zero-order valence-corrected chi connectivity index (χ0v) is 11.8. The minimum Gasteiger partial charge on any atom is -0.464 e. The van der Waals surface area contributed by atoms with Gasteiger partial charge in [-0.3, -0.25) is 0 Å². The van der Waals surface area contributed by atoms with E-state index in [1.807, 2.05) is 27.7 Å². The predicted octanol–water partition coefficient (Wildman–Crippen LogP) is 2.49. The highest BCUT2D eigenvalue weighted by Crippen LogP contribution is 2.07. The van der Waals surface area contributed by atoms with E-state index in [-0.39, 0.29) is 11.9 Å². The summed E-state index contributed by atoms with van der Waals surface area (Å²) in [7, 11) is 0. The third-order valence-electron chi connectivity index (χ3n) is 2.17. The first kappa shape index (κ1) is 16.7. The van der Waals surface area contributed by atoms with Gasteiger partial charge in [-0.15, -0.1) is 0 Å². The summed E-state index contributed by atoms with van der Waals surface area (Å²) in [6.07, 6.45) is 1.50. The molecule has 0 aromatic carbocycles. The molecule has 1 N–H and O–H groups in total. The minimum absolute atomic E-state index is 0.288. The number of esters is 1. The molecule has 0 saturated heterocycles. The molecule has 0 aromatic heterocycles. The summed E-state index contributed by atoms with van der Waals surface area (Å²) in [5.74, 6) is -0.102. The van der Waals surface area contributed by atoms with Crippen LogP contribution in [0.5, 0.6) is 0 Å². The zero-order chi connectivity index (χ0) is 14.0. The van der Waals surface area contributed by atoms with Crippen molar-refractivity contribution >= 4 is 12.1 Å². The lowest BCUT2D eigenvalue weighted by molar-refractivity contribution is -0.146. The molecule has 1 atom stereocenters. The van der Waals surface area contributed by atoms with E-state index in [9.17, 15) is 9.59 Å². The molecule has 106 valence electrons. The average Bonchev–Trinajstić information content (AvgIpc) is 2.32. The van der Waals surface area contributed by atoms with Crippen LogP contribution in [-0.2, 0) is 14.3 Å². The Labute approximate surface area is 109 Å². The lowest BCUT2D eigenvalue weighted by atomic mass is 10.0. The summed E-state index contributed by atoms with van der Waals surface area (Å²) in [5.41, 5.74) is 0. The predicted molar refractivity (Wildman–Crippen MR) is 69.3 cm³/mol. The summed E-state index contributed by atoms with van der Waals surface area (Å²) >= 11 is 0. The topological polar surface area (TPSA) is 64.6 Å². The third-order valence-corrected chi connectivity index (χ3v) is 2.17. The summed E-state index contributed by atoms with van der Waals surface area (Å²) in [6, 6.07) is -0.624. The monoisotopic (exact) mass is 259 g/mol. The maximum Gasteiger partial charge on any atom is 0.407 e. The SMILES string of the molecule is CCCOC(=O)NC(CC(C)C)C(=O)OCCC. The Hall–Kier alpha value is -1.26. The molecule has 5 nitrogen and oxygen atoms in total. The van der Waals surface area contributed by atoms with Crippen LogP contribution in [0.2, 0.25) is 0 Å². The standard InChI is InChI=1S/C13H25NO4/c1-5-7-17-12(15)11(9-10(3)4)14-13(16)18-8-6-2/h10-11H,5-9H2,1-4H3,(H,14,16). The Morgan fingerprint density at radius 1 is 1.06 bits per heavy atom. The molecule has 1 unspecified atom stereocenters. The number of hydrogen-bond acceptors (Lipinski definition) is 4. The lowest BCUT2D eigenvalue weighted by Crippen LogP contribution is -2.43. The molecule has 0 aliphatic heterocycles. The molecule has 0 aromatic rings. The maximum atomic E-state index is 11.8. The summed E-state index contributed by atoms with van der Waals surface area (Å²) in [5, 5.41) is 2.56. The van der Waals surface area contributed by atoms with E-state index in [1.54, 1.807) is 0 Å². The second-order valence-corrected chi connectivity index (χ2v) is 4.63. The van der Waals surface area contributed by atoms with Crippen LogP contribution in [-0.4, -0.2) is 31.3 Å². The number of alkyl carbamates (subject to hydrolysis) is 1. The molecule has 0 aliphatic rings. The van der Waals surface area contributed by atoms with Crippen molar-refractivity contribution in [1.29, 1.82) is 0 Å². The fourth-order valence-corrected chi connectivity index (χ4v) is 1.37. The minimum atomic E-state index is -0.624. The Morgan fingerprint density at radius 2 is 1.61 bits per heavy atom. The third kappa shape index (κ3) is 7.92. The molecule has 1 amide bonds. The number of carbonyl (C=O) groups excluding carboxylic acids is 2. The van der Waals surface area contributed by atoms with Gasteiger partial charge in [0.25, 0.3) is 0 Å². The van der Waals surface area contributed by atoms with Crippen LogP contribution in [0.4, 0.5) is 4.79 Å². The van der Waals surface area contributed by atoms with Crippen molar-refractivity contribution in [2.24, 2.45) is 5.92 Å². The van der Waals surface area contributed by atoms with E-state index in [0.717, 1.165) is 12.8 Å². The molecule has 18 heavy (non-hydrogen) atoms. The summed E-state index contributed by atoms with van der Waals surface area (Å²) < 4.78 is 9.95. The first-order valence-corrected chi connectivity index (χ1v) is 6.61. The highest BCUT2D eigenvalue weighted by molar-refractivity contribution is 5.81. The van der Waals surface area contributed by atoms with E-state index in [0.29, 0.717) is 19.6 Å². The fourth-order valence-electron chi connectivity index (χ4n) is 1.37. The van der Waals surface area contributed by atoms with Crippen LogP contribution in [0.15, 0.2) is 0 Å². The second-order valence-electron chi connectivity index (χ2n) is 4.63. The number of hydrogen-bond donors (Lipinski definition) is 1. The van der Waals surface area contributed by atoms with Gasteiger partial charge in [-0.05, 0) is 25.2 Å². The van der Waals surface area contributed by atoms with Gasteiger partial charge in [0.2, 0.25) is 0 Å². The molecular weight excluding hydrogens is 234 g/mol. The largest absolute Gasteiger partial charge is 0.464 e. The molecule has 0 spiro atoms. The van der Waals surface area contributed by atoms with Crippen molar-refractivity contribution in [2.45, 2.75) is 53.0 Å². The number of nitrogens with one attached hydrogen (secondary N) is 1. The van der Waals surface area contributed by atoms with Crippen molar-refractivity contribution in [1.82, 2.24) is 5.32 Å². The van der Waals surface area contributed by atoms with Gasteiger partial charge in [-0.2, -0.15) is 0 Å². The van der Waals surface area contributed by atoms with Crippen LogP contribution in [0.25, 0.3) is 0 Å². The quantitative estimate of drug-likeness (QED) is 0.680. The number of carbonyl (C=O) groups is 2. The van der Waals surface area contributed by atoms with Gasteiger partial charge < -0.3 is 14.8 Å². The lowest BCUT2D eigenvalue weighted by Gasteiger charge is -2.18. The molecule has 0 heterocycles. The molecule has 0 bridgehead atoms. The van der Waals surface area contributed by atoms with E-state index in [1.165, 1.54) is 0 Å². The molecule has 0 aliphatic carbocycles. The van der Waals surface area contributed by atoms with Crippen LogP contribution < -0.4 is 5.32 Å².